The van der Waals surface area contributed by atoms with Crippen LogP contribution in [0.5, 0.6) is 5.75 Å². The minimum atomic E-state index is -4.03. The van der Waals surface area contributed by atoms with Gasteiger partial charge in [0, 0.05) is 18.1 Å². The summed E-state index contributed by atoms with van der Waals surface area (Å²) in [6.07, 6.45) is 0. The second-order valence-electron chi connectivity index (χ2n) is 4.92. The molecule has 1 aliphatic heterocycles. The molecule has 2 aromatic rings. The Labute approximate surface area is 138 Å². The summed E-state index contributed by atoms with van der Waals surface area (Å²) in [5.74, 6) is 0.467. The Morgan fingerprint density at radius 3 is 2.52 bits per heavy atom. The molecule has 0 unspecified atom stereocenters. The molecule has 23 heavy (non-hydrogen) atoms. The van der Waals surface area contributed by atoms with Gasteiger partial charge in [-0.1, -0.05) is 17.7 Å². The Hall–Kier alpha value is -2.25. The molecule has 8 heteroatoms. The molecule has 2 aromatic carbocycles. The van der Waals surface area contributed by atoms with Gasteiger partial charge in [0.2, 0.25) is 0 Å². The molecule has 0 fully saturated rings. The maximum Gasteiger partial charge on any atom is 0.342 e. The summed E-state index contributed by atoms with van der Waals surface area (Å²) in [6.45, 7) is 0. The molecule has 0 N–H and O–H groups in total. The van der Waals surface area contributed by atoms with E-state index in [0.29, 0.717) is 10.8 Å². The van der Waals surface area contributed by atoms with E-state index in [-0.39, 0.29) is 16.3 Å². The van der Waals surface area contributed by atoms with Crippen LogP contribution in [0.4, 0.5) is 16.2 Å². The predicted octanol–water partition coefficient (Wildman–Crippen LogP) is 3.11. The van der Waals surface area contributed by atoms with E-state index in [2.05, 4.69) is 0 Å². The fourth-order valence-electron chi connectivity index (χ4n) is 2.40. The normalized spacial score (nSPS) is 16.2. The number of methoxy groups -OCH3 is 1. The molecule has 2 amide bonds. The van der Waals surface area contributed by atoms with Crippen molar-refractivity contribution < 1.29 is 17.9 Å². The van der Waals surface area contributed by atoms with Crippen molar-refractivity contribution in [3.8, 4) is 5.75 Å². The number of halogens is 1. The number of ether oxygens (including phenoxy) is 1. The quantitative estimate of drug-likeness (QED) is 0.832. The third kappa shape index (κ3) is 2.42. The zero-order valence-electron chi connectivity index (χ0n) is 12.4. The summed E-state index contributed by atoms with van der Waals surface area (Å²) in [5, 5.41) is 0.341. The number of anilines is 2. The fraction of sp³-hybridized carbons (Fsp3) is 0.133. The monoisotopic (exact) mass is 352 g/mol. The second-order valence-corrected chi connectivity index (χ2v) is 7.12. The van der Waals surface area contributed by atoms with Crippen LogP contribution in [-0.2, 0) is 10.0 Å². The van der Waals surface area contributed by atoms with E-state index < -0.39 is 16.1 Å². The largest absolute Gasteiger partial charge is 0.497 e. The molecule has 0 spiro atoms. The number of carbonyl (C=O) groups excluding carboxylic acids is 1. The first kappa shape index (κ1) is 15.6. The standard InChI is InChI=1S/C15H13ClN2O4S/c1-17-13-9-12(22-2)6-7-14(13)23(20,21)18(15(17)19)11-5-3-4-10(16)8-11/h3-9H,1-2H3. The van der Waals surface area contributed by atoms with Gasteiger partial charge in [0.25, 0.3) is 10.0 Å². The van der Waals surface area contributed by atoms with Gasteiger partial charge in [-0.15, -0.1) is 0 Å². The average Bonchev–Trinajstić information content (AvgIpc) is 2.52. The van der Waals surface area contributed by atoms with Crippen LogP contribution in [0.3, 0.4) is 0 Å². The molecule has 1 aliphatic rings. The van der Waals surface area contributed by atoms with E-state index in [9.17, 15) is 13.2 Å². The van der Waals surface area contributed by atoms with Crippen LogP contribution in [0, 0.1) is 0 Å². The molecule has 0 radical (unpaired) electrons. The molecule has 1 heterocycles. The first-order valence-electron chi connectivity index (χ1n) is 6.63. The maximum atomic E-state index is 12.9. The lowest BCUT2D eigenvalue weighted by molar-refractivity contribution is 0.255. The highest BCUT2D eigenvalue weighted by atomic mass is 35.5. The predicted molar refractivity (Wildman–Crippen MR) is 87.9 cm³/mol. The summed E-state index contributed by atoms with van der Waals surface area (Å²) in [7, 11) is -1.05. The molecule has 0 saturated heterocycles. The van der Waals surface area contributed by atoms with Gasteiger partial charge in [-0.2, -0.15) is 4.31 Å². The van der Waals surface area contributed by atoms with Gasteiger partial charge < -0.3 is 4.74 Å². The van der Waals surface area contributed by atoms with Gasteiger partial charge in [-0.05, 0) is 30.3 Å². The Morgan fingerprint density at radius 1 is 1.13 bits per heavy atom. The fourth-order valence-corrected chi connectivity index (χ4v) is 4.20. The zero-order valence-corrected chi connectivity index (χ0v) is 13.9. The van der Waals surface area contributed by atoms with Crippen molar-refractivity contribution in [2.24, 2.45) is 0 Å². The van der Waals surface area contributed by atoms with E-state index in [4.69, 9.17) is 16.3 Å². The Balaban J connectivity index is 2.23. The van der Waals surface area contributed by atoms with Crippen LogP contribution in [0.2, 0.25) is 5.02 Å². The summed E-state index contributed by atoms with van der Waals surface area (Å²) in [4.78, 5) is 13.9. The van der Waals surface area contributed by atoms with Gasteiger partial charge in [0.15, 0.2) is 0 Å². The first-order chi connectivity index (χ1) is 10.9. The number of benzene rings is 2. The zero-order chi connectivity index (χ0) is 16.8. The molecule has 120 valence electrons. The van der Waals surface area contributed by atoms with Crippen LogP contribution in [0.1, 0.15) is 0 Å². The van der Waals surface area contributed by atoms with Crippen molar-refractivity contribution in [2.75, 3.05) is 23.4 Å². The Morgan fingerprint density at radius 2 is 1.87 bits per heavy atom. The minimum absolute atomic E-state index is 0.0281. The van der Waals surface area contributed by atoms with E-state index in [1.54, 1.807) is 12.1 Å². The SMILES string of the molecule is COc1ccc2c(c1)N(C)C(=O)N(c1cccc(Cl)c1)S2(=O)=O. The van der Waals surface area contributed by atoms with E-state index in [1.165, 1.54) is 49.4 Å². The number of carbonyl (C=O) groups is 1. The highest BCUT2D eigenvalue weighted by molar-refractivity contribution is 7.94. The molecule has 0 aliphatic carbocycles. The molecular weight excluding hydrogens is 340 g/mol. The van der Waals surface area contributed by atoms with Crippen LogP contribution in [-0.4, -0.2) is 28.6 Å². The second kappa shape index (κ2) is 5.43. The van der Waals surface area contributed by atoms with Gasteiger partial charge in [-0.3, -0.25) is 4.90 Å². The molecule has 0 saturated carbocycles. The highest BCUT2D eigenvalue weighted by Gasteiger charge is 2.41. The molecule has 0 bridgehead atoms. The smallest absolute Gasteiger partial charge is 0.342 e. The third-order valence-electron chi connectivity index (χ3n) is 3.55. The van der Waals surface area contributed by atoms with Gasteiger partial charge in [0.1, 0.15) is 10.6 Å². The average molecular weight is 353 g/mol. The van der Waals surface area contributed by atoms with E-state index >= 15 is 0 Å². The Bertz CT molecular complexity index is 898. The van der Waals surface area contributed by atoms with Crippen LogP contribution in [0.15, 0.2) is 47.4 Å². The number of sulfonamides is 1. The van der Waals surface area contributed by atoms with Crippen molar-refractivity contribution in [3.63, 3.8) is 0 Å². The summed E-state index contributed by atoms with van der Waals surface area (Å²) in [6, 6.07) is 9.93. The number of rotatable bonds is 2. The lowest BCUT2D eigenvalue weighted by Crippen LogP contribution is -2.49. The summed E-state index contributed by atoms with van der Waals surface area (Å²) in [5.41, 5.74) is 0.462. The number of fused-ring (bicyclic) bond motifs is 1. The molecule has 6 nitrogen and oxygen atoms in total. The first-order valence-corrected chi connectivity index (χ1v) is 8.44. The molecule has 0 atom stereocenters. The van der Waals surface area contributed by atoms with Crippen molar-refractivity contribution >= 4 is 39.0 Å². The maximum absolute atomic E-state index is 12.9. The lowest BCUT2D eigenvalue weighted by atomic mass is 10.2. The van der Waals surface area contributed by atoms with Crippen molar-refractivity contribution in [1.29, 1.82) is 0 Å². The number of urea groups is 1. The molecular formula is C15H13ClN2O4S. The van der Waals surface area contributed by atoms with Gasteiger partial charge in [-0.25, -0.2) is 13.2 Å². The van der Waals surface area contributed by atoms with Gasteiger partial charge >= 0.3 is 6.03 Å². The van der Waals surface area contributed by atoms with Crippen molar-refractivity contribution in [1.82, 2.24) is 0 Å². The van der Waals surface area contributed by atoms with Gasteiger partial charge in [0.05, 0.1) is 18.5 Å². The summed E-state index contributed by atoms with van der Waals surface area (Å²) >= 11 is 5.92. The molecule has 0 aromatic heterocycles. The van der Waals surface area contributed by atoms with E-state index in [1.807, 2.05) is 0 Å². The highest BCUT2D eigenvalue weighted by Crippen LogP contribution is 2.38. The summed E-state index contributed by atoms with van der Waals surface area (Å²) < 4.78 is 31.6. The van der Waals surface area contributed by atoms with E-state index in [0.717, 1.165) is 4.31 Å². The van der Waals surface area contributed by atoms with Crippen LogP contribution < -0.4 is 13.9 Å². The number of amides is 2. The van der Waals surface area contributed by atoms with Crippen LogP contribution in [0.25, 0.3) is 0 Å². The number of nitrogens with zero attached hydrogens (tertiary/aromatic N) is 2. The van der Waals surface area contributed by atoms with Crippen molar-refractivity contribution in [2.45, 2.75) is 4.90 Å². The lowest BCUT2D eigenvalue weighted by Gasteiger charge is -2.34. The number of hydrogen-bond acceptors (Lipinski definition) is 4. The Kier molecular flexibility index (Phi) is 3.69. The minimum Gasteiger partial charge on any atom is -0.497 e. The van der Waals surface area contributed by atoms with Crippen LogP contribution >= 0.6 is 11.6 Å². The third-order valence-corrected chi connectivity index (χ3v) is 5.53. The topological polar surface area (TPSA) is 66.9 Å². The van der Waals surface area contributed by atoms with Crippen molar-refractivity contribution in [3.05, 3.63) is 47.5 Å². The molecule has 3 rings (SSSR count). The number of hydrogen-bond donors (Lipinski definition) is 0.